The third-order valence-electron chi connectivity index (χ3n) is 6.74. The Morgan fingerprint density at radius 3 is 2.33 bits per heavy atom. The fourth-order valence-corrected chi connectivity index (χ4v) is 4.37. The number of aromatic carboxylic acids is 1. The van der Waals surface area contributed by atoms with Gasteiger partial charge in [-0.3, -0.25) is 10.2 Å². The van der Waals surface area contributed by atoms with Gasteiger partial charge in [0, 0.05) is 23.5 Å². The van der Waals surface area contributed by atoms with Crippen molar-refractivity contribution in [2.45, 2.75) is 53.4 Å². The van der Waals surface area contributed by atoms with Gasteiger partial charge in [0.15, 0.2) is 0 Å². The molecule has 2 aromatic heterocycles. The molecule has 13 heteroatoms. The van der Waals surface area contributed by atoms with Crippen LogP contribution in [0.3, 0.4) is 0 Å². The summed E-state index contributed by atoms with van der Waals surface area (Å²) in [5, 5.41) is 25.5. The number of benzene rings is 2. The highest BCUT2D eigenvalue weighted by atomic mass is 19.4. The molecule has 43 heavy (non-hydrogen) atoms. The fourth-order valence-electron chi connectivity index (χ4n) is 4.37. The van der Waals surface area contributed by atoms with Crippen LogP contribution in [-0.4, -0.2) is 42.8 Å². The van der Waals surface area contributed by atoms with Crippen molar-refractivity contribution in [1.82, 2.24) is 19.7 Å². The number of halogens is 3. The Kier molecular flexibility index (Phi) is 8.65. The first-order valence-electron chi connectivity index (χ1n) is 13.1. The van der Waals surface area contributed by atoms with Crippen LogP contribution in [0, 0.1) is 26.2 Å². The lowest BCUT2D eigenvalue weighted by atomic mass is 10.1. The Labute approximate surface area is 244 Å². The van der Waals surface area contributed by atoms with Crippen molar-refractivity contribution in [2.75, 3.05) is 4.90 Å². The lowest BCUT2D eigenvalue weighted by molar-refractivity contribution is -0.138. The smallest absolute Gasteiger partial charge is 0.421 e. The number of nitrogens with zero attached hydrogens (tertiary/aromatic N) is 5. The van der Waals surface area contributed by atoms with Gasteiger partial charge in [-0.05, 0) is 76.6 Å². The van der Waals surface area contributed by atoms with E-state index in [2.05, 4.69) is 15.2 Å². The summed E-state index contributed by atoms with van der Waals surface area (Å²) < 4.78 is 49.2. The lowest BCUT2D eigenvalue weighted by Crippen LogP contribution is -2.38. The molecule has 0 saturated heterocycles. The van der Waals surface area contributed by atoms with Crippen molar-refractivity contribution < 1.29 is 32.6 Å². The van der Waals surface area contributed by atoms with Crippen LogP contribution >= 0.6 is 0 Å². The summed E-state index contributed by atoms with van der Waals surface area (Å²) in [6.07, 6.45) is -3.68. The molecule has 4 aromatic rings. The van der Waals surface area contributed by atoms with Crippen LogP contribution in [0.1, 0.15) is 62.6 Å². The number of aryl methyl sites for hydroxylation is 2. The summed E-state index contributed by atoms with van der Waals surface area (Å²) in [7, 11) is 0. The average molecular weight is 595 g/mol. The number of anilines is 1. The van der Waals surface area contributed by atoms with Gasteiger partial charge in [-0.1, -0.05) is 17.7 Å². The second-order valence-electron chi connectivity index (χ2n) is 10.2. The summed E-state index contributed by atoms with van der Waals surface area (Å²) in [4.78, 5) is 30.8. The van der Waals surface area contributed by atoms with Crippen molar-refractivity contribution in [2.24, 2.45) is 0 Å². The largest absolute Gasteiger partial charge is 0.478 e. The van der Waals surface area contributed by atoms with Gasteiger partial charge in [-0.2, -0.15) is 18.3 Å². The van der Waals surface area contributed by atoms with Gasteiger partial charge in [-0.25, -0.2) is 9.78 Å². The van der Waals surface area contributed by atoms with Crippen LogP contribution in [0.25, 0.3) is 0 Å². The van der Waals surface area contributed by atoms with Crippen LogP contribution < -0.4 is 15.3 Å². The van der Waals surface area contributed by atoms with Crippen LogP contribution in [0.2, 0.25) is 0 Å². The maximum atomic E-state index is 14.1. The zero-order chi connectivity index (χ0) is 31.6. The number of aromatic nitrogens is 4. The zero-order valence-electron chi connectivity index (χ0n) is 24.0. The Hall–Kier alpha value is -5.07. The first-order valence-corrected chi connectivity index (χ1v) is 13.1. The SMILES string of the molecule is Cc1ccc(C(=O)N(c2ccc(Oc3ncc(Cn4c(C)c(C)nnc4=N)cc3C(F)(F)F)cc2C(=O)O)C(C)C)cc1. The summed E-state index contributed by atoms with van der Waals surface area (Å²) >= 11 is 0. The van der Waals surface area contributed by atoms with Gasteiger partial charge in [0.25, 0.3) is 5.91 Å². The van der Waals surface area contributed by atoms with E-state index in [0.717, 1.165) is 17.7 Å². The number of carboxylic acids is 1. The number of alkyl halides is 3. The Morgan fingerprint density at radius 2 is 1.72 bits per heavy atom. The topological polar surface area (TPSA) is 134 Å². The van der Waals surface area contributed by atoms with Gasteiger partial charge < -0.3 is 19.3 Å². The number of carbonyl (C=O) groups is 2. The van der Waals surface area contributed by atoms with Gasteiger partial charge >= 0.3 is 12.1 Å². The predicted molar refractivity (Wildman–Crippen MR) is 150 cm³/mol. The monoisotopic (exact) mass is 594 g/mol. The molecule has 4 rings (SSSR count). The lowest BCUT2D eigenvalue weighted by Gasteiger charge is -2.28. The van der Waals surface area contributed by atoms with Gasteiger partial charge in [0.1, 0.15) is 11.3 Å². The van der Waals surface area contributed by atoms with E-state index < -0.39 is 35.5 Å². The number of pyridine rings is 1. The van der Waals surface area contributed by atoms with Crippen LogP contribution in [0.15, 0.2) is 54.7 Å². The van der Waals surface area contributed by atoms with Crippen molar-refractivity contribution >= 4 is 17.6 Å². The molecule has 2 aromatic carbocycles. The average Bonchev–Trinajstić information content (AvgIpc) is 2.94. The van der Waals surface area contributed by atoms with Crippen molar-refractivity contribution in [3.05, 3.63) is 99.6 Å². The second kappa shape index (κ2) is 12.0. The van der Waals surface area contributed by atoms with Crippen molar-refractivity contribution in [3.63, 3.8) is 0 Å². The highest BCUT2D eigenvalue weighted by Gasteiger charge is 2.36. The van der Waals surface area contributed by atoms with Gasteiger partial charge in [0.05, 0.1) is 23.5 Å². The molecule has 0 aliphatic carbocycles. The third-order valence-corrected chi connectivity index (χ3v) is 6.74. The molecule has 0 saturated carbocycles. The molecule has 0 aliphatic rings. The van der Waals surface area contributed by atoms with Crippen LogP contribution in [0.4, 0.5) is 18.9 Å². The quantitative estimate of drug-likeness (QED) is 0.268. The minimum atomic E-state index is -4.86. The van der Waals surface area contributed by atoms with Gasteiger partial charge in [0.2, 0.25) is 11.5 Å². The van der Waals surface area contributed by atoms with E-state index in [1.165, 1.54) is 27.8 Å². The predicted octanol–water partition coefficient (Wildman–Crippen LogP) is 5.69. The van der Waals surface area contributed by atoms with E-state index in [1.807, 2.05) is 6.92 Å². The third kappa shape index (κ3) is 6.71. The fraction of sp³-hybridized carbons (Fsp3) is 0.267. The maximum absolute atomic E-state index is 14.1. The molecule has 2 N–H and O–H groups in total. The maximum Gasteiger partial charge on any atom is 0.421 e. The molecule has 0 fully saturated rings. The molecular weight excluding hydrogens is 565 g/mol. The Bertz CT molecular complexity index is 1750. The number of nitrogens with one attached hydrogen (secondary N) is 1. The normalized spacial score (nSPS) is 11.5. The molecule has 0 bridgehead atoms. The molecule has 0 unspecified atom stereocenters. The Morgan fingerprint density at radius 1 is 1.05 bits per heavy atom. The first kappa shape index (κ1) is 30.9. The Balaban J connectivity index is 1.71. The standard InChI is InChI=1S/C30H29F3N6O4/c1-16(2)39(27(40)21-8-6-17(3)7-9-21)25-11-10-22(13-23(25)28(41)42)43-26-24(30(31,32)33)12-20(14-35-26)15-38-19(5)18(4)36-37-29(38)34/h6-14,16,34H,15H2,1-5H3,(H,41,42). The van der Waals surface area contributed by atoms with E-state index in [4.69, 9.17) is 10.1 Å². The molecule has 1 amide bonds. The van der Waals surface area contributed by atoms with E-state index >= 15 is 0 Å². The minimum absolute atomic E-state index is 0.0552. The van der Waals surface area contributed by atoms with Crippen molar-refractivity contribution in [1.29, 1.82) is 5.41 Å². The first-order chi connectivity index (χ1) is 20.2. The molecule has 0 spiro atoms. The van der Waals surface area contributed by atoms with Crippen molar-refractivity contribution in [3.8, 4) is 11.6 Å². The second-order valence-corrected chi connectivity index (χ2v) is 10.2. The highest BCUT2D eigenvalue weighted by molar-refractivity contribution is 6.09. The van der Waals surface area contributed by atoms with Crippen LogP contribution in [0.5, 0.6) is 11.6 Å². The molecule has 2 heterocycles. The number of rotatable bonds is 8. The van der Waals surface area contributed by atoms with E-state index in [1.54, 1.807) is 52.0 Å². The molecule has 0 atom stereocenters. The molecule has 0 aliphatic heterocycles. The molecular formula is C30H29F3N6O4. The molecule has 224 valence electrons. The van der Waals surface area contributed by atoms with E-state index in [0.29, 0.717) is 17.0 Å². The number of carboxylic acid groups (broad SMARTS) is 1. The highest BCUT2D eigenvalue weighted by Crippen LogP contribution is 2.38. The molecule has 10 nitrogen and oxygen atoms in total. The minimum Gasteiger partial charge on any atom is -0.478 e. The number of hydrogen-bond donors (Lipinski definition) is 2. The number of amides is 1. The number of carbonyl (C=O) groups excluding carboxylic acids is 1. The summed E-state index contributed by atoms with van der Waals surface area (Å²) in [5.41, 5.74) is 0.811. The zero-order valence-corrected chi connectivity index (χ0v) is 24.0. The number of ether oxygens (including phenoxy) is 1. The van der Waals surface area contributed by atoms with Crippen LogP contribution in [-0.2, 0) is 12.7 Å². The van der Waals surface area contributed by atoms with E-state index in [9.17, 15) is 27.9 Å². The summed E-state index contributed by atoms with van der Waals surface area (Å²) in [6, 6.07) is 10.9. The molecule has 0 radical (unpaired) electrons. The summed E-state index contributed by atoms with van der Waals surface area (Å²) in [5.74, 6) is -2.84. The number of hydrogen-bond acceptors (Lipinski definition) is 7. The summed E-state index contributed by atoms with van der Waals surface area (Å²) in [6.45, 7) is 8.54. The van der Waals surface area contributed by atoms with E-state index in [-0.39, 0.29) is 34.7 Å². The van der Waals surface area contributed by atoms with Gasteiger partial charge in [-0.15, -0.1) is 5.10 Å².